The van der Waals surface area contributed by atoms with Crippen LogP contribution in [0.15, 0.2) is 39.7 Å². The second-order valence-corrected chi connectivity index (χ2v) is 9.24. The van der Waals surface area contributed by atoms with Crippen molar-refractivity contribution in [2.45, 2.75) is 35.0 Å². The van der Waals surface area contributed by atoms with Crippen molar-refractivity contribution in [2.24, 2.45) is 5.92 Å². The van der Waals surface area contributed by atoms with Gasteiger partial charge in [-0.25, -0.2) is 4.98 Å². The minimum Gasteiger partial charge on any atom is -0.348 e. The van der Waals surface area contributed by atoms with Gasteiger partial charge in [0.1, 0.15) is 0 Å². The van der Waals surface area contributed by atoms with Crippen LogP contribution >= 0.6 is 23.1 Å². The smallest absolute Gasteiger partial charge is 0.251 e. The van der Waals surface area contributed by atoms with E-state index >= 15 is 0 Å². The summed E-state index contributed by atoms with van der Waals surface area (Å²) in [5.41, 5.74) is 0.689. The highest BCUT2D eigenvalue weighted by atomic mass is 32.2. The van der Waals surface area contributed by atoms with Gasteiger partial charge in [0.15, 0.2) is 10.1 Å². The molecule has 0 spiro atoms. The third-order valence-electron chi connectivity index (χ3n) is 5.13. The quantitative estimate of drug-likeness (QED) is 0.798. The largest absolute Gasteiger partial charge is 0.348 e. The third-order valence-corrected chi connectivity index (χ3v) is 7.31. The highest BCUT2D eigenvalue weighted by molar-refractivity contribution is 8.01. The van der Waals surface area contributed by atoms with Crippen LogP contribution in [0.25, 0.3) is 0 Å². The first kappa shape index (κ1) is 17.7. The Labute approximate surface area is 161 Å². The molecule has 26 heavy (non-hydrogen) atoms. The number of hydrogen-bond acceptors (Lipinski definition) is 6. The maximum atomic E-state index is 12.6. The van der Waals surface area contributed by atoms with Crippen LogP contribution in [0, 0.1) is 5.92 Å². The number of rotatable bonds is 5. The normalized spacial score (nSPS) is 24.4. The number of piperidine rings is 3. The lowest BCUT2D eigenvalue weighted by atomic mass is 9.84. The molecule has 2 bridgehead atoms. The maximum absolute atomic E-state index is 12.6. The SMILES string of the molecule is CC(=O)c1cnc(Sc2ccc(C(=O)NC3CN4CCC3CC4)cc2)s1. The van der Waals surface area contributed by atoms with Crippen LogP contribution in [0.2, 0.25) is 0 Å². The van der Waals surface area contributed by atoms with E-state index < -0.39 is 0 Å². The van der Waals surface area contributed by atoms with Gasteiger partial charge in [0, 0.05) is 30.0 Å². The molecule has 0 saturated carbocycles. The van der Waals surface area contributed by atoms with Crippen molar-refractivity contribution in [3.63, 3.8) is 0 Å². The Morgan fingerprint density at radius 1 is 1.23 bits per heavy atom. The van der Waals surface area contributed by atoms with Crippen molar-refractivity contribution in [3.05, 3.63) is 40.9 Å². The molecule has 1 atom stereocenters. The average Bonchev–Trinajstić information content (AvgIpc) is 3.12. The maximum Gasteiger partial charge on any atom is 0.251 e. The van der Waals surface area contributed by atoms with E-state index in [1.165, 1.54) is 49.0 Å². The molecule has 4 heterocycles. The molecule has 136 valence electrons. The Bertz CT molecular complexity index is 810. The molecule has 7 heteroatoms. The fraction of sp³-hybridized carbons (Fsp3) is 0.421. The molecule has 5 rings (SSSR count). The van der Waals surface area contributed by atoms with Crippen molar-refractivity contribution in [1.82, 2.24) is 15.2 Å². The zero-order valence-electron chi connectivity index (χ0n) is 14.6. The lowest BCUT2D eigenvalue weighted by Crippen LogP contribution is -2.57. The number of hydrogen-bond donors (Lipinski definition) is 1. The Morgan fingerprint density at radius 2 is 1.96 bits per heavy atom. The van der Waals surface area contributed by atoms with Gasteiger partial charge in [0.25, 0.3) is 5.91 Å². The van der Waals surface area contributed by atoms with Crippen LogP contribution in [0.3, 0.4) is 0 Å². The topological polar surface area (TPSA) is 62.3 Å². The number of carbonyl (C=O) groups excluding carboxylic acids is 2. The van der Waals surface area contributed by atoms with Crippen molar-refractivity contribution in [1.29, 1.82) is 0 Å². The zero-order valence-corrected chi connectivity index (χ0v) is 16.2. The van der Waals surface area contributed by atoms with Crippen LogP contribution in [0.1, 0.15) is 39.8 Å². The zero-order chi connectivity index (χ0) is 18.1. The molecule has 3 aliphatic heterocycles. The lowest BCUT2D eigenvalue weighted by molar-refractivity contribution is 0.0620. The number of carbonyl (C=O) groups is 2. The number of ketones is 1. The second-order valence-electron chi connectivity index (χ2n) is 6.89. The average molecular weight is 388 g/mol. The summed E-state index contributed by atoms with van der Waals surface area (Å²) in [7, 11) is 0. The Kier molecular flexibility index (Phi) is 5.11. The van der Waals surface area contributed by atoms with Crippen LogP contribution in [0.5, 0.6) is 0 Å². The second kappa shape index (κ2) is 7.50. The summed E-state index contributed by atoms with van der Waals surface area (Å²) in [5, 5.41) is 3.22. The Balaban J connectivity index is 1.37. The monoisotopic (exact) mass is 387 g/mol. The molecule has 0 aliphatic carbocycles. The summed E-state index contributed by atoms with van der Waals surface area (Å²) >= 11 is 2.90. The number of benzene rings is 1. The summed E-state index contributed by atoms with van der Waals surface area (Å²) in [5.74, 6) is 0.668. The highest BCUT2D eigenvalue weighted by Crippen LogP contribution is 2.32. The molecule has 1 aromatic carbocycles. The van der Waals surface area contributed by atoms with Crippen molar-refractivity contribution in [3.8, 4) is 0 Å². The molecule has 0 radical (unpaired) electrons. The minimum absolute atomic E-state index is 0.00779. The van der Waals surface area contributed by atoms with E-state index in [9.17, 15) is 9.59 Å². The van der Waals surface area contributed by atoms with Gasteiger partial charge < -0.3 is 10.2 Å². The molecule has 1 N–H and O–H groups in total. The Hall–Kier alpha value is -1.70. The van der Waals surface area contributed by atoms with Crippen LogP contribution < -0.4 is 5.32 Å². The van der Waals surface area contributed by atoms with E-state index in [0.29, 0.717) is 16.4 Å². The molecule has 5 nitrogen and oxygen atoms in total. The van der Waals surface area contributed by atoms with Gasteiger partial charge >= 0.3 is 0 Å². The van der Waals surface area contributed by atoms with Gasteiger partial charge in [-0.1, -0.05) is 11.8 Å². The van der Waals surface area contributed by atoms with Crippen molar-refractivity contribution < 1.29 is 9.59 Å². The summed E-state index contributed by atoms with van der Waals surface area (Å²) in [6.07, 6.45) is 4.00. The van der Waals surface area contributed by atoms with E-state index in [-0.39, 0.29) is 17.7 Å². The molecular weight excluding hydrogens is 366 g/mol. The lowest BCUT2D eigenvalue weighted by Gasteiger charge is -2.44. The fourth-order valence-corrected chi connectivity index (χ4v) is 5.47. The molecular formula is C19H21N3O2S2. The first-order valence-electron chi connectivity index (χ1n) is 8.86. The summed E-state index contributed by atoms with van der Waals surface area (Å²) in [6, 6.07) is 7.87. The van der Waals surface area contributed by atoms with E-state index in [0.717, 1.165) is 15.8 Å². The number of aromatic nitrogens is 1. The highest BCUT2D eigenvalue weighted by Gasteiger charge is 2.34. The van der Waals surface area contributed by atoms with E-state index in [1.807, 2.05) is 24.3 Å². The number of amides is 1. The summed E-state index contributed by atoms with van der Waals surface area (Å²) in [4.78, 5) is 32.3. The van der Waals surface area contributed by atoms with Crippen LogP contribution in [-0.2, 0) is 0 Å². The van der Waals surface area contributed by atoms with E-state index in [2.05, 4.69) is 15.2 Å². The van der Waals surface area contributed by atoms with Crippen LogP contribution in [-0.4, -0.2) is 47.3 Å². The molecule has 3 aliphatic rings. The number of fused-ring (bicyclic) bond motifs is 3. The number of Topliss-reactive ketones (excluding diaryl/α,β-unsaturated/α-hetero) is 1. The number of nitrogens with zero attached hydrogens (tertiary/aromatic N) is 2. The molecule has 1 unspecified atom stereocenters. The third kappa shape index (κ3) is 3.84. The molecule has 1 amide bonds. The van der Waals surface area contributed by atoms with Crippen molar-refractivity contribution >= 4 is 34.8 Å². The van der Waals surface area contributed by atoms with Gasteiger partial charge in [0.05, 0.1) is 11.1 Å². The fourth-order valence-electron chi connectivity index (χ4n) is 3.62. The predicted octanol–water partition coefficient (Wildman–Crippen LogP) is 3.32. The van der Waals surface area contributed by atoms with Crippen molar-refractivity contribution in [2.75, 3.05) is 19.6 Å². The van der Waals surface area contributed by atoms with Gasteiger partial charge in [-0.15, -0.1) is 11.3 Å². The molecule has 3 saturated heterocycles. The molecule has 1 aromatic heterocycles. The number of nitrogens with one attached hydrogen (secondary N) is 1. The van der Waals surface area contributed by atoms with Gasteiger partial charge in [-0.05, 0) is 56.1 Å². The van der Waals surface area contributed by atoms with Gasteiger partial charge in [-0.3, -0.25) is 9.59 Å². The van der Waals surface area contributed by atoms with Gasteiger partial charge in [0.2, 0.25) is 0 Å². The Morgan fingerprint density at radius 3 is 2.54 bits per heavy atom. The van der Waals surface area contributed by atoms with Crippen LogP contribution in [0.4, 0.5) is 0 Å². The van der Waals surface area contributed by atoms with E-state index in [4.69, 9.17) is 0 Å². The summed E-state index contributed by atoms with van der Waals surface area (Å²) in [6.45, 7) is 4.87. The molecule has 3 fully saturated rings. The number of thiazole rings is 1. The first-order chi connectivity index (χ1) is 12.6. The minimum atomic E-state index is 0.00779. The standard InChI is InChI=1S/C19H21N3O2S2/c1-12(23)17-10-20-19(26-17)25-15-4-2-14(3-5-15)18(24)21-16-11-22-8-6-13(16)7-9-22/h2-5,10,13,16H,6-9,11H2,1H3,(H,21,24). The summed E-state index contributed by atoms with van der Waals surface area (Å²) < 4.78 is 0.833. The van der Waals surface area contributed by atoms with E-state index in [1.54, 1.807) is 13.1 Å². The molecule has 2 aromatic rings. The van der Waals surface area contributed by atoms with Gasteiger partial charge in [-0.2, -0.15) is 0 Å². The predicted molar refractivity (Wildman–Crippen MR) is 103 cm³/mol. The first-order valence-corrected chi connectivity index (χ1v) is 10.5.